The van der Waals surface area contributed by atoms with Crippen LogP contribution in [0.1, 0.15) is 10.4 Å². The molecule has 154 valence electrons. The Morgan fingerprint density at radius 1 is 0.742 bits per heavy atom. The van der Waals surface area contributed by atoms with Gasteiger partial charge in [-0.1, -0.05) is 91.0 Å². The van der Waals surface area contributed by atoms with Crippen molar-refractivity contribution in [1.82, 2.24) is 0 Å². The van der Waals surface area contributed by atoms with Crippen LogP contribution in [-0.2, 0) is 0 Å². The van der Waals surface area contributed by atoms with E-state index in [9.17, 15) is 9.90 Å². The fourth-order valence-electron chi connectivity index (χ4n) is 3.75. The van der Waals surface area contributed by atoms with Gasteiger partial charge < -0.3 is 9.84 Å². The van der Waals surface area contributed by atoms with E-state index in [1.807, 2.05) is 60.4 Å². The van der Waals surface area contributed by atoms with Crippen LogP contribution in [0.25, 0.3) is 0 Å². The van der Waals surface area contributed by atoms with Gasteiger partial charge in [0, 0.05) is 0 Å². The van der Waals surface area contributed by atoms with Crippen LogP contribution in [0.4, 0.5) is 0 Å². The van der Waals surface area contributed by atoms with E-state index in [2.05, 4.69) is 36.4 Å². The smallest absolute Gasteiger partial charge is 0.190 e. The van der Waals surface area contributed by atoms with Crippen molar-refractivity contribution in [3.8, 4) is 11.5 Å². The standard InChI is InChI=1S/C27H23O3P/c1-30-21-17-18-26(28)25(19-21)27(29)20-31(22-11-5-2-6-12-22,23-13-7-3-8-14-23)24-15-9-4-10-16-24/h2-20,28H,1H3. The van der Waals surface area contributed by atoms with Gasteiger partial charge >= 0.3 is 0 Å². The minimum atomic E-state index is -2.44. The molecule has 0 spiro atoms. The van der Waals surface area contributed by atoms with Crippen LogP contribution in [-0.4, -0.2) is 23.8 Å². The predicted molar refractivity (Wildman–Crippen MR) is 130 cm³/mol. The van der Waals surface area contributed by atoms with Crippen molar-refractivity contribution in [3.05, 3.63) is 115 Å². The maximum atomic E-state index is 13.6. The van der Waals surface area contributed by atoms with Gasteiger partial charge in [0.25, 0.3) is 0 Å². The number of aromatic hydroxyl groups is 1. The number of hydrogen-bond donors (Lipinski definition) is 1. The van der Waals surface area contributed by atoms with Crippen molar-refractivity contribution in [2.45, 2.75) is 0 Å². The first-order valence-electron chi connectivity index (χ1n) is 9.98. The largest absolute Gasteiger partial charge is 0.507 e. The molecule has 0 radical (unpaired) electrons. The van der Waals surface area contributed by atoms with Crippen LogP contribution in [0.15, 0.2) is 109 Å². The summed E-state index contributed by atoms with van der Waals surface area (Å²) in [6, 6.07) is 35.1. The monoisotopic (exact) mass is 426 g/mol. The molecule has 0 fully saturated rings. The number of hydrogen-bond acceptors (Lipinski definition) is 3. The fraction of sp³-hybridized carbons (Fsp3) is 0.0370. The molecule has 0 unspecified atom stereocenters. The number of rotatable bonds is 6. The summed E-state index contributed by atoms with van der Waals surface area (Å²) in [7, 11) is 1.54. The van der Waals surface area contributed by atoms with Crippen LogP contribution >= 0.6 is 6.89 Å². The van der Waals surface area contributed by atoms with Gasteiger partial charge in [0.1, 0.15) is 11.5 Å². The Hall–Kier alpha value is -3.55. The van der Waals surface area contributed by atoms with E-state index in [1.165, 1.54) is 6.07 Å². The Morgan fingerprint density at radius 2 is 1.19 bits per heavy atom. The highest BCUT2D eigenvalue weighted by molar-refractivity contribution is 7.95. The van der Waals surface area contributed by atoms with Crippen LogP contribution in [0.2, 0.25) is 0 Å². The Morgan fingerprint density at radius 3 is 1.61 bits per heavy atom. The third-order valence-corrected chi connectivity index (χ3v) is 9.23. The number of phenolic OH excluding ortho intramolecular Hbond substituents is 1. The van der Waals surface area contributed by atoms with E-state index in [-0.39, 0.29) is 17.1 Å². The van der Waals surface area contributed by atoms with Crippen molar-refractivity contribution in [3.63, 3.8) is 0 Å². The van der Waals surface area contributed by atoms with Crippen LogP contribution in [0.5, 0.6) is 11.5 Å². The van der Waals surface area contributed by atoms with Gasteiger partial charge in [-0.05, 0) is 46.8 Å². The van der Waals surface area contributed by atoms with Crippen molar-refractivity contribution < 1.29 is 14.6 Å². The summed E-state index contributed by atoms with van der Waals surface area (Å²) in [6.07, 6.45) is 0. The van der Waals surface area contributed by atoms with Crippen LogP contribution < -0.4 is 20.7 Å². The molecule has 3 nitrogen and oxygen atoms in total. The maximum Gasteiger partial charge on any atom is 0.190 e. The molecule has 0 aliphatic carbocycles. The van der Waals surface area contributed by atoms with Crippen molar-refractivity contribution >= 4 is 34.4 Å². The lowest BCUT2D eigenvalue weighted by atomic mass is 10.1. The molecule has 0 amide bonds. The molecule has 4 aromatic carbocycles. The Balaban J connectivity index is 2.07. The number of ether oxygens (including phenoxy) is 1. The summed E-state index contributed by atoms with van der Waals surface area (Å²) in [5.74, 6) is 2.04. The first kappa shape index (κ1) is 20.7. The zero-order valence-electron chi connectivity index (χ0n) is 17.2. The number of Topliss-reactive ketones (excluding diaryl/α,β-unsaturated/α-hetero) is 1. The highest BCUT2D eigenvalue weighted by Gasteiger charge is 2.27. The number of benzene rings is 4. The highest BCUT2D eigenvalue weighted by atomic mass is 31.2. The molecule has 0 bridgehead atoms. The Kier molecular flexibility index (Phi) is 6.06. The molecular formula is C27H23O3P. The summed E-state index contributed by atoms with van der Waals surface area (Å²) in [4.78, 5) is 13.6. The molecule has 0 saturated carbocycles. The molecule has 4 heteroatoms. The molecule has 0 aromatic heterocycles. The Bertz CT molecular complexity index is 1130. The molecule has 1 N–H and O–H groups in total. The molecule has 4 rings (SSSR count). The van der Waals surface area contributed by atoms with Crippen molar-refractivity contribution in [1.29, 1.82) is 0 Å². The third-order valence-electron chi connectivity index (χ3n) is 5.27. The molecule has 0 saturated heterocycles. The van der Waals surface area contributed by atoms with Gasteiger partial charge in [-0.2, -0.15) is 0 Å². The lowest BCUT2D eigenvalue weighted by Crippen LogP contribution is -2.28. The second-order valence-corrected chi connectivity index (χ2v) is 10.4. The highest BCUT2D eigenvalue weighted by Crippen LogP contribution is 2.44. The molecule has 4 aromatic rings. The summed E-state index contributed by atoms with van der Waals surface area (Å²) in [5, 5.41) is 13.6. The molecule has 0 aliphatic rings. The average molecular weight is 426 g/mol. The SMILES string of the molecule is COc1ccc(O)c(C(=O)C=P(c2ccccc2)(c2ccccc2)c2ccccc2)c1. The number of methoxy groups -OCH3 is 1. The zero-order chi connectivity index (χ0) is 21.7. The first-order valence-corrected chi connectivity index (χ1v) is 11.8. The quantitative estimate of drug-likeness (QED) is 0.368. The average Bonchev–Trinajstić information content (AvgIpc) is 2.84. The van der Waals surface area contributed by atoms with Gasteiger partial charge in [-0.3, -0.25) is 4.79 Å². The second kappa shape index (κ2) is 9.07. The van der Waals surface area contributed by atoms with Gasteiger partial charge in [-0.25, -0.2) is 0 Å². The summed E-state index contributed by atoms with van der Waals surface area (Å²) >= 11 is 0. The zero-order valence-corrected chi connectivity index (χ0v) is 18.1. The number of carbonyl (C=O) groups is 1. The van der Waals surface area contributed by atoms with E-state index < -0.39 is 6.89 Å². The number of carbonyl (C=O) groups excluding carboxylic acids is 1. The summed E-state index contributed by atoms with van der Waals surface area (Å²) in [5.41, 5.74) is 0.228. The first-order chi connectivity index (χ1) is 15.1. The summed E-state index contributed by atoms with van der Waals surface area (Å²) in [6.45, 7) is -2.44. The van der Waals surface area contributed by atoms with E-state index in [4.69, 9.17) is 4.74 Å². The summed E-state index contributed by atoms with van der Waals surface area (Å²) < 4.78 is 5.28. The molecule has 0 aliphatic heterocycles. The lowest BCUT2D eigenvalue weighted by molar-refractivity contribution is 0.107. The number of ketones is 1. The predicted octanol–water partition coefficient (Wildman–Crippen LogP) is 4.38. The van der Waals surface area contributed by atoms with Gasteiger partial charge in [0.2, 0.25) is 0 Å². The minimum absolute atomic E-state index is 0.0608. The van der Waals surface area contributed by atoms with Crippen LogP contribution in [0.3, 0.4) is 0 Å². The normalized spacial score (nSPS) is 11.0. The van der Waals surface area contributed by atoms with Crippen molar-refractivity contribution in [2.24, 2.45) is 0 Å². The molecule has 31 heavy (non-hydrogen) atoms. The fourth-order valence-corrected chi connectivity index (χ4v) is 7.50. The molecule has 0 heterocycles. The number of phenols is 1. The molecular weight excluding hydrogens is 403 g/mol. The van der Waals surface area contributed by atoms with Crippen molar-refractivity contribution in [2.75, 3.05) is 7.11 Å². The lowest BCUT2D eigenvalue weighted by Gasteiger charge is -2.28. The van der Waals surface area contributed by atoms with E-state index in [1.54, 1.807) is 19.2 Å². The van der Waals surface area contributed by atoms with Gasteiger partial charge in [0.05, 0.1) is 12.7 Å². The van der Waals surface area contributed by atoms with E-state index >= 15 is 0 Å². The topological polar surface area (TPSA) is 46.5 Å². The van der Waals surface area contributed by atoms with Gasteiger partial charge in [0.15, 0.2) is 5.78 Å². The van der Waals surface area contributed by atoms with E-state index in [0.717, 1.165) is 15.9 Å². The second-order valence-electron chi connectivity index (χ2n) is 7.11. The molecule has 0 atom stereocenters. The van der Waals surface area contributed by atoms with Gasteiger partial charge in [-0.15, -0.1) is 0 Å². The Labute approximate surface area is 182 Å². The van der Waals surface area contributed by atoms with E-state index in [0.29, 0.717) is 5.75 Å². The van der Waals surface area contributed by atoms with Crippen LogP contribution in [0, 0.1) is 0 Å². The maximum absolute atomic E-state index is 13.6. The third kappa shape index (κ3) is 4.05. The minimum Gasteiger partial charge on any atom is -0.507 e.